The third-order valence-electron chi connectivity index (χ3n) is 7.00. The van der Waals surface area contributed by atoms with Crippen LogP contribution in [-0.4, -0.2) is 57.3 Å². The normalized spacial score (nSPS) is 17.9. The van der Waals surface area contributed by atoms with Crippen LogP contribution in [0.5, 0.6) is 34.6 Å². The quantitative estimate of drug-likeness (QED) is 0.211. The molecular formula is C28H27F2N5O6. The molecule has 1 aromatic heterocycles. The van der Waals surface area contributed by atoms with Crippen molar-refractivity contribution in [1.82, 2.24) is 9.88 Å². The van der Waals surface area contributed by atoms with Crippen LogP contribution in [0.4, 0.5) is 8.78 Å². The summed E-state index contributed by atoms with van der Waals surface area (Å²) >= 11 is 0. The fourth-order valence-corrected chi connectivity index (χ4v) is 4.80. The number of aliphatic imine (C=N–C) groups is 1. The Hall–Kier alpha value is -4.78. The number of benzene rings is 2. The van der Waals surface area contributed by atoms with Gasteiger partial charge >= 0.3 is 5.97 Å². The first-order valence-corrected chi connectivity index (χ1v) is 12.7. The molecule has 0 spiro atoms. The standard InChI is InChI=1S/C28H27F2N5O6/c1-35-11-10-33-25(35)17-13-16(41-28(27(37)38)8-2-3-9-28)5-7-20(17)39-23-18(29)14-34-26(22(23)30)40-21-12-15(24(31)32)4-6-19(21)36/h4-7,10,12-14,25,36H,2-3,8-9,11H2,1H3,(H3,31,32)(H,37,38). The zero-order chi connectivity index (χ0) is 29.3. The SMILES string of the molecule is CN1CC=NC1c1cc(OC2(C(=O)O)CCCC2)ccc1Oc1c(F)cnc(Oc2cc(C(=N)N)ccc2O)c1F. The van der Waals surface area contributed by atoms with Gasteiger partial charge in [0.05, 0.1) is 6.20 Å². The van der Waals surface area contributed by atoms with Crippen molar-refractivity contribution in [3.05, 3.63) is 65.4 Å². The first-order chi connectivity index (χ1) is 19.6. The lowest BCUT2D eigenvalue weighted by Gasteiger charge is -2.27. The number of nitrogens with zero attached hydrogens (tertiary/aromatic N) is 3. The van der Waals surface area contributed by atoms with E-state index in [-0.39, 0.29) is 34.4 Å². The molecule has 3 aromatic rings. The molecular weight excluding hydrogens is 540 g/mol. The summed E-state index contributed by atoms with van der Waals surface area (Å²) in [6, 6.07) is 8.25. The van der Waals surface area contributed by atoms with E-state index >= 15 is 4.39 Å². The zero-order valence-electron chi connectivity index (χ0n) is 21.9. The fourth-order valence-electron chi connectivity index (χ4n) is 4.80. The number of ether oxygens (including phenoxy) is 3. The minimum atomic E-state index is -1.36. The van der Waals surface area contributed by atoms with Crippen molar-refractivity contribution >= 4 is 18.0 Å². The molecule has 0 bridgehead atoms. The third kappa shape index (κ3) is 5.48. The molecule has 11 nitrogen and oxygen atoms in total. The number of carboxylic acids is 1. The fraction of sp³-hybridized carbons (Fsp3) is 0.286. The van der Waals surface area contributed by atoms with Crippen LogP contribution in [-0.2, 0) is 4.79 Å². The molecule has 1 atom stereocenters. The summed E-state index contributed by atoms with van der Waals surface area (Å²) in [5.74, 6) is -5.64. The second kappa shape index (κ2) is 11.0. The highest BCUT2D eigenvalue weighted by molar-refractivity contribution is 5.95. The summed E-state index contributed by atoms with van der Waals surface area (Å²) in [6.45, 7) is 0.507. The number of aromatic hydroxyl groups is 1. The van der Waals surface area contributed by atoms with E-state index < -0.39 is 41.0 Å². The predicted molar refractivity (Wildman–Crippen MR) is 143 cm³/mol. The van der Waals surface area contributed by atoms with Crippen molar-refractivity contribution in [2.75, 3.05) is 13.6 Å². The smallest absolute Gasteiger partial charge is 0.348 e. The molecule has 5 N–H and O–H groups in total. The molecule has 1 fully saturated rings. The molecule has 2 heterocycles. The summed E-state index contributed by atoms with van der Waals surface area (Å²) < 4.78 is 47.5. The molecule has 13 heteroatoms. The van der Waals surface area contributed by atoms with E-state index in [1.54, 1.807) is 19.3 Å². The van der Waals surface area contributed by atoms with Crippen LogP contribution in [0.1, 0.15) is 43.0 Å². The maximum atomic E-state index is 15.5. The van der Waals surface area contributed by atoms with Gasteiger partial charge in [0, 0.05) is 23.9 Å². The number of hydrogen-bond acceptors (Lipinski definition) is 9. The van der Waals surface area contributed by atoms with Crippen LogP contribution in [0.15, 0.2) is 47.6 Å². The van der Waals surface area contributed by atoms with Crippen LogP contribution in [0.3, 0.4) is 0 Å². The number of carbonyl (C=O) groups is 1. The van der Waals surface area contributed by atoms with Gasteiger partial charge in [-0.25, -0.2) is 14.2 Å². The topological polar surface area (TPSA) is 164 Å². The number of pyridine rings is 1. The third-order valence-corrected chi connectivity index (χ3v) is 7.00. The number of nitrogens with two attached hydrogens (primary N) is 1. The Bertz CT molecular complexity index is 1540. The van der Waals surface area contributed by atoms with Gasteiger partial charge in [-0.1, -0.05) is 0 Å². The van der Waals surface area contributed by atoms with Gasteiger partial charge in [-0.3, -0.25) is 15.3 Å². The second-order valence-corrected chi connectivity index (χ2v) is 9.81. The van der Waals surface area contributed by atoms with Crippen LogP contribution in [0.25, 0.3) is 0 Å². The molecule has 1 aliphatic carbocycles. The van der Waals surface area contributed by atoms with Crippen LogP contribution in [0, 0.1) is 17.0 Å². The first kappa shape index (κ1) is 27.8. The number of aromatic nitrogens is 1. The monoisotopic (exact) mass is 567 g/mol. The molecule has 2 aliphatic rings. The number of hydrogen-bond donors (Lipinski definition) is 4. The van der Waals surface area contributed by atoms with Gasteiger partial charge in [-0.2, -0.15) is 4.39 Å². The largest absolute Gasteiger partial charge is 0.504 e. The Morgan fingerprint density at radius 2 is 1.90 bits per heavy atom. The van der Waals surface area contributed by atoms with E-state index in [1.807, 2.05) is 4.90 Å². The number of halogens is 2. The maximum Gasteiger partial charge on any atom is 0.348 e. The first-order valence-electron chi connectivity index (χ1n) is 12.7. The minimum Gasteiger partial charge on any atom is -0.504 e. The van der Waals surface area contributed by atoms with Crippen molar-refractivity contribution in [2.45, 2.75) is 37.5 Å². The van der Waals surface area contributed by atoms with Gasteiger partial charge in [0.2, 0.25) is 17.2 Å². The Morgan fingerprint density at radius 1 is 1.15 bits per heavy atom. The van der Waals surface area contributed by atoms with Crippen molar-refractivity contribution in [1.29, 1.82) is 5.41 Å². The van der Waals surface area contributed by atoms with E-state index in [9.17, 15) is 19.4 Å². The summed E-state index contributed by atoms with van der Waals surface area (Å²) in [7, 11) is 1.80. The van der Waals surface area contributed by atoms with Crippen LogP contribution >= 0.6 is 0 Å². The van der Waals surface area contributed by atoms with Gasteiger partial charge in [-0.15, -0.1) is 0 Å². The molecule has 1 saturated carbocycles. The summed E-state index contributed by atoms with van der Waals surface area (Å²) in [6.07, 6.45) is 3.95. The number of nitrogen functional groups attached to an aromatic ring is 1. The molecule has 0 radical (unpaired) electrons. The number of carboxylic acid groups (broad SMARTS) is 1. The Labute approximate surface area is 233 Å². The Morgan fingerprint density at radius 3 is 2.56 bits per heavy atom. The molecule has 0 amide bonds. The van der Waals surface area contributed by atoms with E-state index in [0.29, 0.717) is 31.1 Å². The van der Waals surface area contributed by atoms with Gasteiger partial charge in [0.1, 0.15) is 23.5 Å². The molecule has 41 heavy (non-hydrogen) atoms. The second-order valence-electron chi connectivity index (χ2n) is 9.81. The molecule has 2 aromatic carbocycles. The van der Waals surface area contributed by atoms with E-state index in [1.165, 1.54) is 30.3 Å². The maximum absolute atomic E-state index is 15.5. The van der Waals surface area contributed by atoms with E-state index in [2.05, 4.69) is 9.98 Å². The lowest BCUT2D eigenvalue weighted by atomic mass is 10.0. The average Bonchev–Trinajstić information content (AvgIpc) is 3.59. The predicted octanol–water partition coefficient (Wildman–Crippen LogP) is 4.73. The zero-order valence-corrected chi connectivity index (χ0v) is 21.9. The van der Waals surface area contributed by atoms with Crippen molar-refractivity contribution in [2.24, 2.45) is 10.7 Å². The number of rotatable bonds is 9. The minimum absolute atomic E-state index is 0.0421. The summed E-state index contributed by atoms with van der Waals surface area (Å²) in [5.41, 5.74) is 4.71. The lowest BCUT2D eigenvalue weighted by Crippen LogP contribution is -2.41. The number of phenolic OH excluding ortho intramolecular Hbond substituents is 1. The number of amidine groups is 1. The lowest BCUT2D eigenvalue weighted by molar-refractivity contribution is -0.154. The van der Waals surface area contributed by atoms with Crippen molar-refractivity contribution < 1.29 is 38.0 Å². The highest BCUT2D eigenvalue weighted by Crippen LogP contribution is 2.42. The van der Waals surface area contributed by atoms with Gasteiger partial charge in [-0.05, 0) is 69.1 Å². The van der Waals surface area contributed by atoms with Gasteiger partial charge < -0.3 is 30.2 Å². The van der Waals surface area contributed by atoms with E-state index in [4.69, 9.17) is 25.4 Å². The average molecular weight is 568 g/mol. The molecule has 5 rings (SSSR count). The Balaban J connectivity index is 1.50. The van der Waals surface area contributed by atoms with Crippen molar-refractivity contribution in [3.8, 4) is 34.6 Å². The molecule has 1 unspecified atom stereocenters. The van der Waals surface area contributed by atoms with Gasteiger partial charge in [0.25, 0.3) is 5.88 Å². The summed E-state index contributed by atoms with van der Waals surface area (Å²) in [5, 5.41) is 27.5. The molecule has 0 saturated heterocycles. The highest BCUT2D eigenvalue weighted by Gasteiger charge is 2.44. The number of phenols is 1. The van der Waals surface area contributed by atoms with Crippen LogP contribution < -0.4 is 19.9 Å². The van der Waals surface area contributed by atoms with Crippen LogP contribution in [0.2, 0.25) is 0 Å². The Kier molecular flexibility index (Phi) is 7.45. The highest BCUT2D eigenvalue weighted by atomic mass is 19.1. The van der Waals surface area contributed by atoms with E-state index in [0.717, 1.165) is 12.8 Å². The number of nitrogens with one attached hydrogen (secondary N) is 1. The number of aliphatic carboxylic acids is 1. The molecule has 1 aliphatic heterocycles. The summed E-state index contributed by atoms with van der Waals surface area (Å²) in [4.78, 5) is 22.0. The van der Waals surface area contributed by atoms with Gasteiger partial charge in [0.15, 0.2) is 17.3 Å². The molecule has 214 valence electrons. The van der Waals surface area contributed by atoms with Crippen molar-refractivity contribution in [3.63, 3.8) is 0 Å².